The van der Waals surface area contributed by atoms with Crippen LogP contribution in [0.3, 0.4) is 0 Å². The number of benzene rings is 1. The number of methoxy groups -OCH3 is 1. The van der Waals surface area contributed by atoms with Crippen molar-refractivity contribution in [2.75, 3.05) is 13.7 Å². The number of carbonyl (C=O) groups excluding carboxylic acids is 2. The van der Waals surface area contributed by atoms with Crippen molar-refractivity contribution in [3.05, 3.63) is 41.5 Å². The van der Waals surface area contributed by atoms with Crippen LogP contribution < -0.4 is 10.1 Å². The molecule has 0 bridgehead atoms. The molecule has 0 saturated carbocycles. The summed E-state index contributed by atoms with van der Waals surface area (Å²) in [6, 6.07) is 7.42. The Bertz CT molecular complexity index is 862. The number of hydrogen-bond donors (Lipinski definition) is 2. The van der Waals surface area contributed by atoms with Crippen LogP contribution in [0.4, 0.5) is 0 Å². The highest BCUT2D eigenvalue weighted by atomic mass is 16.5. The molecule has 0 radical (unpaired) electrons. The van der Waals surface area contributed by atoms with E-state index in [2.05, 4.69) is 20.5 Å². The number of carbonyl (C=O) groups is 2. The smallest absolute Gasteiger partial charge is 0.223 e. The first-order valence-electron chi connectivity index (χ1n) is 10.5. The molecule has 30 heavy (non-hydrogen) atoms. The van der Waals surface area contributed by atoms with Gasteiger partial charge in [-0.3, -0.25) is 14.7 Å². The van der Waals surface area contributed by atoms with Gasteiger partial charge in [0.15, 0.2) is 5.82 Å². The molecule has 8 heteroatoms. The predicted molar refractivity (Wildman–Crippen MR) is 113 cm³/mol. The van der Waals surface area contributed by atoms with Crippen LogP contribution in [-0.4, -0.2) is 51.6 Å². The average Bonchev–Trinajstić information content (AvgIpc) is 3.32. The predicted octanol–water partition coefficient (Wildman–Crippen LogP) is 2.56. The number of nitrogens with zero attached hydrogens (tertiary/aromatic N) is 3. The molecular weight excluding hydrogens is 382 g/mol. The number of H-pyrrole nitrogens is 1. The summed E-state index contributed by atoms with van der Waals surface area (Å²) in [5, 5.41) is 10.2. The van der Waals surface area contributed by atoms with Crippen molar-refractivity contribution in [3.63, 3.8) is 0 Å². The molecule has 2 heterocycles. The first kappa shape index (κ1) is 21.8. The molecule has 1 aliphatic heterocycles. The van der Waals surface area contributed by atoms with Crippen molar-refractivity contribution in [3.8, 4) is 5.75 Å². The van der Waals surface area contributed by atoms with E-state index in [1.807, 2.05) is 49.9 Å². The number of ether oxygens (including phenoxy) is 1. The summed E-state index contributed by atoms with van der Waals surface area (Å²) in [5.41, 5.74) is 1.08. The quantitative estimate of drug-likeness (QED) is 0.693. The van der Waals surface area contributed by atoms with Gasteiger partial charge in [0.25, 0.3) is 0 Å². The molecule has 2 atom stereocenters. The number of hydrogen-bond acceptors (Lipinski definition) is 5. The summed E-state index contributed by atoms with van der Waals surface area (Å²) in [7, 11) is 1.63. The van der Waals surface area contributed by atoms with Gasteiger partial charge >= 0.3 is 0 Å². The third kappa shape index (κ3) is 5.58. The van der Waals surface area contributed by atoms with Crippen molar-refractivity contribution < 1.29 is 14.3 Å². The molecular formula is C22H31N5O3. The molecule has 1 aromatic carbocycles. The topological polar surface area (TPSA) is 100 Å². The highest BCUT2D eigenvalue weighted by Crippen LogP contribution is 2.31. The van der Waals surface area contributed by atoms with E-state index in [1.54, 1.807) is 7.11 Å². The highest BCUT2D eigenvalue weighted by molar-refractivity contribution is 5.79. The maximum atomic E-state index is 13.1. The monoisotopic (exact) mass is 413 g/mol. The van der Waals surface area contributed by atoms with Gasteiger partial charge in [-0.05, 0) is 43.4 Å². The molecule has 2 amide bonds. The average molecular weight is 414 g/mol. The minimum Gasteiger partial charge on any atom is -0.497 e. The standard InChI is InChI=1S/C22H31N5O3/c1-14(2)11-20(28)24-17-12-19(22-23-15(3)25-26-22)27(13-17)21(29)10-7-16-5-8-18(30-4)9-6-16/h5-6,8-9,14,17,19H,7,10-13H2,1-4H3,(H,24,28)(H,23,25,26)/t17-,19-/m0/s1. The Labute approximate surface area is 177 Å². The van der Waals surface area contributed by atoms with Crippen molar-refractivity contribution >= 4 is 11.8 Å². The number of nitrogens with one attached hydrogen (secondary N) is 2. The van der Waals surface area contributed by atoms with Gasteiger partial charge in [-0.25, -0.2) is 4.98 Å². The van der Waals surface area contributed by atoms with Crippen LogP contribution in [0.25, 0.3) is 0 Å². The lowest BCUT2D eigenvalue weighted by atomic mass is 10.1. The van der Waals surface area contributed by atoms with Gasteiger partial charge in [0.05, 0.1) is 13.2 Å². The van der Waals surface area contributed by atoms with Gasteiger partial charge in [0.2, 0.25) is 11.8 Å². The number of aryl methyl sites for hydroxylation is 2. The first-order chi connectivity index (χ1) is 14.4. The Kier molecular flexibility index (Phi) is 7.07. The molecule has 2 aromatic rings. The van der Waals surface area contributed by atoms with Crippen LogP contribution in [-0.2, 0) is 16.0 Å². The molecule has 2 N–H and O–H groups in total. The second-order valence-electron chi connectivity index (χ2n) is 8.29. The van der Waals surface area contributed by atoms with E-state index in [0.717, 1.165) is 11.3 Å². The Morgan fingerprint density at radius 2 is 2.03 bits per heavy atom. The van der Waals surface area contributed by atoms with Gasteiger partial charge in [-0.2, -0.15) is 5.10 Å². The summed E-state index contributed by atoms with van der Waals surface area (Å²) in [4.78, 5) is 31.5. The summed E-state index contributed by atoms with van der Waals surface area (Å²) in [6.45, 7) is 6.34. The summed E-state index contributed by atoms with van der Waals surface area (Å²) in [6.07, 6.45) is 2.13. The summed E-state index contributed by atoms with van der Waals surface area (Å²) < 4.78 is 5.18. The van der Waals surface area contributed by atoms with Crippen molar-refractivity contribution in [1.82, 2.24) is 25.4 Å². The van der Waals surface area contributed by atoms with Crippen LogP contribution in [0.2, 0.25) is 0 Å². The van der Waals surface area contributed by atoms with E-state index in [-0.39, 0.29) is 23.9 Å². The molecule has 1 aliphatic rings. The van der Waals surface area contributed by atoms with E-state index in [0.29, 0.717) is 49.8 Å². The van der Waals surface area contributed by atoms with E-state index < -0.39 is 0 Å². The van der Waals surface area contributed by atoms with E-state index in [9.17, 15) is 9.59 Å². The van der Waals surface area contributed by atoms with E-state index in [4.69, 9.17) is 4.74 Å². The fraction of sp³-hybridized carbons (Fsp3) is 0.545. The highest BCUT2D eigenvalue weighted by Gasteiger charge is 2.38. The van der Waals surface area contributed by atoms with E-state index in [1.165, 1.54) is 0 Å². The zero-order chi connectivity index (χ0) is 21.7. The van der Waals surface area contributed by atoms with Gasteiger partial charge in [-0.1, -0.05) is 26.0 Å². The Hall–Kier alpha value is -2.90. The van der Waals surface area contributed by atoms with Crippen molar-refractivity contribution in [2.45, 2.75) is 58.5 Å². The first-order valence-corrected chi connectivity index (χ1v) is 10.5. The van der Waals surface area contributed by atoms with Gasteiger partial charge in [0.1, 0.15) is 11.6 Å². The zero-order valence-electron chi connectivity index (χ0n) is 18.1. The van der Waals surface area contributed by atoms with Crippen LogP contribution in [0.5, 0.6) is 5.75 Å². The lowest BCUT2D eigenvalue weighted by Crippen LogP contribution is -2.39. The Morgan fingerprint density at radius 3 is 2.63 bits per heavy atom. The van der Waals surface area contributed by atoms with Gasteiger partial charge in [-0.15, -0.1) is 0 Å². The van der Waals surface area contributed by atoms with Crippen LogP contribution in [0.15, 0.2) is 24.3 Å². The van der Waals surface area contributed by atoms with E-state index >= 15 is 0 Å². The molecule has 1 saturated heterocycles. The number of rotatable bonds is 8. The van der Waals surface area contributed by atoms with Crippen molar-refractivity contribution in [1.29, 1.82) is 0 Å². The molecule has 162 valence electrons. The Balaban J connectivity index is 1.66. The lowest BCUT2D eigenvalue weighted by molar-refractivity contribution is -0.132. The molecule has 1 aromatic heterocycles. The summed E-state index contributed by atoms with van der Waals surface area (Å²) in [5.74, 6) is 2.46. The third-order valence-electron chi connectivity index (χ3n) is 5.28. The molecule has 1 fully saturated rings. The van der Waals surface area contributed by atoms with Crippen molar-refractivity contribution in [2.24, 2.45) is 5.92 Å². The molecule has 0 aliphatic carbocycles. The largest absolute Gasteiger partial charge is 0.497 e. The third-order valence-corrected chi connectivity index (χ3v) is 5.28. The molecule has 3 rings (SSSR count). The van der Waals surface area contributed by atoms with Crippen LogP contribution in [0.1, 0.15) is 56.4 Å². The lowest BCUT2D eigenvalue weighted by Gasteiger charge is -2.22. The van der Waals surface area contributed by atoms with Gasteiger partial charge in [0, 0.05) is 25.4 Å². The Morgan fingerprint density at radius 1 is 1.30 bits per heavy atom. The van der Waals surface area contributed by atoms with Crippen LogP contribution in [0, 0.1) is 12.8 Å². The second kappa shape index (κ2) is 9.73. The summed E-state index contributed by atoms with van der Waals surface area (Å²) >= 11 is 0. The fourth-order valence-corrected chi connectivity index (χ4v) is 3.81. The second-order valence-corrected chi connectivity index (χ2v) is 8.29. The van der Waals surface area contributed by atoms with Gasteiger partial charge < -0.3 is 15.0 Å². The van der Waals surface area contributed by atoms with Crippen LogP contribution >= 0.6 is 0 Å². The maximum absolute atomic E-state index is 13.1. The maximum Gasteiger partial charge on any atom is 0.223 e. The normalized spacial score (nSPS) is 18.6. The molecule has 0 spiro atoms. The minimum absolute atomic E-state index is 0.0208. The number of likely N-dealkylation sites (tertiary alicyclic amines) is 1. The molecule has 8 nitrogen and oxygen atoms in total. The SMILES string of the molecule is COc1ccc(CCC(=O)N2C[C@@H](NC(=O)CC(C)C)C[C@H]2c2n[nH]c(C)n2)cc1. The fourth-order valence-electron chi connectivity index (χ4n) is 3.81. The number of aromatic nitrogens is 3. The number of aromatic amines is 1. The minimum atomic E-state index is -0.234. The number of amides is 2. The zero-order valence-corrected chi connectivity index (χ0v) is 18.1. The molecule has 0 unspecified atom stereocenters.